The van der Waals surface area contributed by atoms with Crippen LogP contribution in [0.5, 0.6) is 0 Å². The van der Waals surface area contributed by atoms with Crippen molar-refractivity contribution in [3.8, 4) is 10.4 Å². The van der Waals surface area contributed by atoms with E-state index in [4.69, 9.17) is 10.2 Å². The first kappa shape index (κ1) is 20.2. The molecule has 0 atom stereocenters. The van der Waals surface area contributed by atoms with Crippen molar-refractivity contribution in [2.45, 2.75) is 6.92 Å². The number of hydrogen-bond acceptors (Lipinski definition) is 6. The molecule has 2 aromatic rings. The van der Waals surface area contributed by atoms with Gasteiger partial charge in [-0.15, -0.1) is 11.3 Å². The van der Waals surface area contributed by atoms with Gasteiger partial charge in [-0.25, -0.2) is 9.59 Å². The van der Waals surface area contributed by atoms with Crippen LogP contribution in [0.25, 0.3) is 10.4 Å². The predicted molar refractivity (Wildman–Crippen MR) is 108 cm³/mol. The number of carboxylic acid groups (broad SMARTS) is 2. The standard InChI is InChI=1S/C15H17N3S.C4H4O4/c1-11-4-2-5-12(15(11)13-6-3-9-19-13)18-10-14-16-7-8-17-14;5-3(6)1-2-4(7)8/h2-6,9,18H,7-8,10H2,1H3,(H,16,17);1-2H,(H,5,6)(H,7,8). The van der Waals surface area contributed by atoms with Crippen LogP contribution in [0, 0.1) is 6.92 Å². The van der Waals surface area contributed by atoms with E-state index in [9.17, 15) is 9.59 Å². The van der Waals surface area contributed by atoms with Crippen LogP contribution < -0.4 is 10.6 Å². The highest BCUT2D eigenvalue weighted by Gasteiger charge is 2.10. The summed E-state index contributed by atoms with van der Waals surface area (Å²) in [6, 6.07) is 10.7. The second kappa shape index (κ2) is 10.1. The summed E-state index contributed by atoms with van der Waals surface area (Å²) in [5.41, 5.74) is 3.78. The number of amidine groups is 1. The zero-order valence-corrected chi connectivity index (χ0v) is 15.6. The first-order valence-electron chi connectivity index (χ1n) is 8.26. The van der Waals surface area contributed by atoms with Crippen LogP contribution in [0.2, 0.25) is 0 Å². The molecule has 2 heterocycles. The van der Waals surface area contributed by atoms with Gasteiger partial charge in [0.15, 0.2) is 0 Å². The van der Waals surface area contributed by atoms with Gasteiger partial charge in [-0.05, 0) is 30.0 Å². The van der Waals surface area contributed by atoms with Crippen molar-refractivity contribution in [2.75, 3.05) is 25.0 Å². The van der Waals surface area contributed by atoms with E-state index in [0.717, 1.165) is 25.5 Å². The lowest BCUT2D eigenvalue weighted by Gasteiger charge is -2.13. The molecule has 0 fully saturated rings. The second-order valence-corrected chi connectivity index (χ2v) is 6.54. The number of benzene rings is 1. The molecule has 0 unspecified atom stereocenters. The Hall–Kier alpha value is -3.13. The van der Waals surface area contributed by atoms with E-state index < -0.39 is 11.9 Å². The van der Waals surface area contributed by atoms with Gasteiger partial charge in [0.2, 0.25) is 0 Å². The maximum Gasteiger partial charge on any atom is 0.328 e. The summed E-state index contributed by atoms with van der Waals surface area (Å²) in [6.07, 6.45) is 1.12. The molecule has 0 saturated carbocycles. The van der Waals surface area contributed by atoms with Crippen molar-refractivity contribution in [2.24, 2.45) is 4.99 Å². The highest BCUT2D eigenvalue weighted by molar-refractivity contribution is 7.13. The summed E-state index contributed by atoms with van der Waals surface area (Å²) in [4.78, 5) is 24.8. The van der Waals surface area contributed by atoms with Crippen LogP contribution in [-0.2, 0) is 9.59 Å². The van der Waals surface area contributed by atoms with Crippen LogP contribution in [0.15, 0.2) is 52.9 Å². The lowest BCUT2D eigenvalue weighted by atomic mass is 10.0. The molecular weight excluding hydrogens is 366 g/mol. The lowest BCUT2D eigenvalue weighted by molar-refractivity contribution is -0.134. The smallest absolute Gasteiger partial charge is 0.328 e. The SMILES string of the molecule is Cc1cccc(NCC2=NCCN2)c1-c1cccs1.O=C(O)C=CC(=O)O. The average molecular weight is 387 g/mol. The molecule has 0 saturated heterocycles. The molecule has 4 N–H and O–H groups in total. The molecule has 142 valence electrons. The van der Waals surface area contributed by atoms with Gasteiger partial charge in [-0.1, -0.05) is 18.2 Å². The van der Waals surface area contributed by atoms with Crippen molar-refractivity contribution >= 4 is 34.8 Å². The highest BCUT2D eigenvalue weighted by atomic mass is 32.1. The number of aryl methyl sites for hydroxylation is 1. The second-order valence-electron chi connectivity index (χ2n) is 5.59. The van der Waals surface area contributed by atoms with Crippen LogP contribution >= 0.6 is 11.3 Å². The Kier molecular flexibility index (Phi) is 7.57. The van der Waals surface area contributed by atoms with E-state index in [-0.39, 0.29) is 0 Å². The van der Waals surface area contributed by atoms with Crippen molar-refractivity contribution < 1.29 is 19.8 Å². The minimum absolute atomic E-state index is 0.558. The molecule has 1 aliphatic heterocycles. The van der Waals surface area contributed by atoms with E-state index >= 15 is 0 Å². The maximum atomic E-state index is 9.55. The Labute approximate surface area is 161 Å². The summed E-state index contributed by atoms with van der Waals surface area (Å²) >= 11 is 1.78. The van der Waals surface area contributed by atoms with Crippen LogP contribution in [0.3, 0.4) is 0 Å². The summed E-state index contributed by atoms with van der Waals surface area (Å²) in [7, 11) is 0. The molecule has 7 nitrogen and oxygen atoms in total. The van der Waals surface area contributed by atoms with E-state index in [2.05, 4.69) is 58.3 Å². The summed E-state index contributed by atoms with van der Waals surface area (Å²) in [6.45, 7) is 4.78. The van der Waals surface area contributed by atoms with Crippen molar-refractivity contribution in [1.82, 2.24) is 5.32 Å². The molecule has 1 aromatic heterocycles. The fourth-order valence-electron chi connectivity index (χ4n) is 2.45. The minimum Gasteiger partial charge on any atom is -0.478 e. The summed E-state index contributed by atoms with van der Waals surface area (Å²) < 4.78 is 0. The van der Waals surface area contributed by atoms with Crippen LogP contribution in [-0.4, -0.2) is 47.6 Å². The van der Waals surface area contributed by atoms with Crippen LogP contribution in [0.1, 0.15) is 5.56 Å². The highest BCUT2D eigenvalue weighted by Crippen LogP contribution is 2.34. The fraction of sp³-hybridized carbons (Fsp3) is 0.211. The van der Waals surface area contributed by atoms with Gasteiger partial charge in [0.05, 0.1) is 13.1 Å². The maximum absolute atomic E-state index is 9.55. The van der Waals surface area contributed by atoms with Gasteiger partial charge in [-0.2, -0.15) is 0 Å². The predicted octanol–water partition coefficient (Wildman–Crippen LogP) is 2.85. The van der Waals surface area contributed by atoms with Crippen molar-refractivity contribution in [3.05, 3.63) is 53.4 Å². The number of aliphatic carboxylic acids is 2. The number of nitrogens with one attached hydrogen (secondary N) is 2. The number of hydrogen-bond donors (Lipinski definition) is 4. The molecule has 0 radical (unpaired) electrons. The quantitative estimate of drug-likeness (QED) is 0.567. The van der Waals surface area contributed by atoms with Gasteiger partial charge < -0.3 is 20.8 Å². The number of anilines is 1. The third-order valence-electron chi connectivity index (χ3n) is 3.60. The fourth-order valence-corrected chi connectivity index (χ4v) is 3.30. The Morgan fingerprint density at radius 1 is 1.22 bits per heavy atom. The Morgan fingerprint density at radius 2 is 1.96 bits per heavy atom. The molecule has 8 heteroatoms. The topological polar surface area (TPSA) is 111 Å². The van der Waals surface area contributed by atoms with Gasteiger partial charge in [0, 0.05) is 34.8 Å². The lowest BCUT2D eigenvalue weighted by Crippen LogP contribution is -2.26. The number of carbonyl (C=O) groups is 2. The molecule has 0 spiro atoms. The number of carboxylic acids is 2. The number of thiophene rings is 1. The Balaban J connectivity index is 0.000000279. The molecule has 3 rings (SSSR count). The molecule has 1 aliphatic rings. The zero-order chi connectivity index (χ0) is 19.6. The number of aliphatic imine (C=N–C) groups is 1. The Morgan fingerprint density at radius 3 is 2.52 bits per heavy atom. The Bertz CT molecular complexity index is 829. The minimum atomic E-state index is -1.26. The van der Waals surface area contributed by atoms with Gasteiger partial charge in [0.25, 0.3) is 0 Å². The molecule has 0 bridgehead atoms. The van der Waals surface area contributed by atoms with Gasteiger partial charge in [-0.3, -0.25) is 4.99 Å². The number of nitrogens with zero attached hydrogens (tertiary/aromatic N) is 1. The monoisotopic (exact) mass is 387 g/mol. The van der Waals surface area contributed by atoms with Crippen LogP contribution in [0.4, 0.5) is 5.69 Å². The zero-order valence-electron chi connectivity index (χ0n) is 14.8. The molecule has 0 aliphatic carbocycles. The average Bonchev–Trinajstić information content (AvgIpc) is 3.32. The molecular formula is C19H21N3O4S. The van der Waals surface area contributed by atoms with E-state index in [1.54, 1.807) is 11.3 Å². The van der Waals surface area contributed by atoms with E-state index in [1.165, 1.54) is 21.7 Å². The van der Waals surface area contributed by atoms with Crippen molar-refractivity contribution in [3.63, 3.8) is 0 Å². The molecule has 0 amide bonds. The van der Waals surface area contributed by atoms with E-state index in [0.29, 0.717) is 12.2 Å². The molecule has 27 heavy (non-hydrogen) atoms. The first-order valence-corrected chi connectivity index (χ1v) is 9.14. The molecule has 1 aromatic carbocycles. The summed E-state index contributed by atoms with van der Waals surface area (Å²) in [5.74, 6) is -1.46. The first-order chi connectivity index (χ1) is 13.0. The third-order valence-corrected chi connectivity index (χ3v) is 4.49. The van der Waals surface area contributed by atoms with E-state index in [1.807, 2.05) is 0 Å². The third kappa shape index (κ3) is 6.59. The number of rotatable bonds is 6. The normalized spacial score (nSPS) is 12.7. The van der Waals surface area contributed by atoms with Gasteiger partial charge in [0.1, 0.15) is 5.84 Å². The van der Waals surface area contributed by atoms with Crippen molar-refractivity contribution in [1.29, 1.82) is 0 Å². The largest absolute Gasteiger partial charge is 0.478 e. The van der Waals surface area contributed by atoms with Gasteiger partial charge >= 0.3 is 11.9 Å². The summed E-state index contributed by atoms with van der Waals surface area (Å²) in [5, 5.41) is 24.5.